The average molecular weight is 484 g/mol. The Balaban J connectivity index is 1.58. The second-order valence-corrected chi connectivity index (χ2v) is 10.8. The highest BCUT2D eigenvalue weighted by Gasteiger charge is 2.29. The molecule has 0 atom stereocenters. The van der Waals surface area contributed by atoms with Crippen molar-refractivity contribution in [3.8, 4) is 11.5 Å². The van der Waals surface area contributed by atoms with Crippen LogP contribution in [0.5, 0.6) is 11.5 Å². The maximum absolute atomic E-state index is 12.4. The smallest absolute Gasteiger partial charge is 0.240 e. The van der Waals surface area contributed by atoms with Crippen molar-refractivity contribution in [2.24, 2.45) is 0 Å². The summed E-state index contributed by atoms with van der Waals surface area (Å²) in [6.45, 7) is 2.45. The van der Waals surface area contributed by atoms with Crippen molar-refractivity contribution >= 4 is 37.3 Å². The highest BCUT2D eigenvalue weighted by Crippen LogP contribution is 2.32. The topological polar surface area (TPSA) is 142 Å². The summed E-state index contributed by atoms with van der Waals surface area (Å²) in [5.74, 6) is -0.177. The predicted octanol–water partition coefficient (Wildman–Crippen LogP) is 1.64. The van der Waals surface area contributed by atoms with E-state index in [4.69, 9.17) is 4.74 Å². The predicted molar refractivity (Wildman–Crippen MR) is 120 cm³/mol. The van der Waals surface area contributed by atoms with Gasteiger partial charge in [0.15, 0.2) is 0 Å². The lowest BCUT2D eigenvalue weighted by atomic mass is 10.2. The maximum atomic E-state index is 12.4. The van der Waals surface area contributed by atoms with E-state index in [2.05, 4.69) is 10.0 Å². The molecule has 0 saturated carbocycles. The van der Waals surface area contributed by atoms with E-state index in [1.165, 1.54) is 34.6 Å². The van der Waals surface area contributed by atoms with Crippen molar-refractivity contribution < 1.29 is 31.5 Å². The summed E-state index contributed by atoms with van der Waals surface area (Å²) in [7, 11) is -7.21. The molecule has 1 heterocycles. The summed E-state index contributed by atoms with van der Waals surface area (Å²) in [6.07, 6.45) is 0.307. The second-order valence-electron chi connectivity index (χ2n) is 7.04. The Kier molecular flexibility index (Phi) is 7.26. The lowest BCUT2D eigenvalue weighted by Gasteiger charge is -2.18. The summed E-state index contributed by atoms with van der Waals surface area (Å²) >= 11 is 0. The third-order valence-electron chi connectivity index (χ3n) is 4.73. The third kappa shape index (κ3) is 5.69. The molecule has 12 heteroatoms. The van der Waals surface area contributed by atoms with Gasteiger partial charge in [0.1, 0.15) is 11.5 Å². The van der Waals surface area contributed by atoms with E-state index in [1.807, 2.05) is 6.92 Å². The van der Waals surface area contributed by atoms with Gasteiger partial charge < -0.3 is 15.2 Å². The number of hydrogen-bond donors (Lipinski definition) is 3. The Labute approximate surface area is 187 Å². The molecule has 0 radical (unpaired) electrons. The molecule has 174 valence electrons. The summed E-state index contributed by atoms with van der Waals surface area (Å²) in [5.41, 5.74) is 0.385. The first-order valence-electron chi connectivity index (χ1n) is 9.98. The average Bonchev–Trinajstić information content (AvgIpc) is 3.09. The lowest BCUT2D eigenvalue weighted by Crippen LogP contribution is -2.28. The minimum Gasteiger partial charge on any atom is -0.506 e. The minimum absolute atomic E-state index is 0.0403. The van der Waals surface area contributed by atoms with Gasteiger partial charge in [-0.25, -0.2) is 21.6 Å². The summed E-state index contributed by atoms with van der Waals surface area (Å²) < 4.78 is 57.8. The number of hydrogen-bond acceptors (Lipinski definition) is 7. The Bertz CT molecular complexity index is 1180. The van der Waals surface area contributed by atoms with Gasteiger partial charge in [-0.05, 0) is 55.8 Å². The number of benzene rings is 2. The zero-order chi connectivity index (χ0) is 23.4. The number of nitrogens with one attached hydrogen (secondary N) is 2. The molecular formula is C20H25N3O7S2. The van der Waals surface area contributed by atoms with Crippen LogP contribution in [-0.2, 0) is 24.8 Å². The molecule has 10 nitrogen and oxygen atoms in total. The van der Waals surface area contributed by atoms with Crippen molar-refractivity contribution in [1.29, 1.82) is 0 Å². The Morgan fingerprint density at radius 2 is 1.91 bits per heavy atom. The van der Waals surface area contributed by atoms with E-state index in [0.717, 1.165) is 0 Å². The molecule has 2 aromatic carbocycles. The van der Waals surface area contributed by atoms with Gasteiger partial charge in [0.05, 0.1) is 28.6 Å². The number of anilines is 2. The van der Waals surface area contributed by atoms with Crippen LogP contribution in [0.1, 0.15) is 19.8 Å². The maximum Gasteiger partial charge on any atom is 0.240 e. The van der Waals surface area contributed by atoms with Crippen molar-refractivity contribution in [3.05, 3.63) is 42.5 Å². The molecule has 0 aliphatic carbocycles. The molecule has 3 N–H and O–H groups in total. The molecule has 2 aromatic rings. The number of sulfonamides is 2. The second kappa shape index (κ2) is 9.76. The van der Waals surface area contributed by atoms with E-state index in [1.54, 1.807) is 12.1 Å². The van der Waals surface area contributed by atoms with Crippen LogP contribution >= 0.6 is 0 Å². The first-order chi connectivity index (χ1) is 15.1. The van der Waals surface area contributed by atoms with Crippen LogP contribution in [0.15, 0.2) is 47.4 Å². The number of aromatic hydroxyl groups is 1. The zero-order valence-electron chi connectivity index (χ0n) is 17.4. The number of carbonyl (C=O) groups excluding carboxylic acids is 1. The number of amides is 1. The van der Waals surface area contributed by atoms with E-state index in [9.17, 15) is 26.7 Å². The molecule has 32 heavy (non-hydrogen) atoms. The molecule has 1 fully saturated rings. The van der Waals surface area contributed by atoms with Crippen molar-refractivity contribution in [2.45, 2.75) is 24.7 Å². The normalized spacial score (nSPS) is 15.5. The summed E-state index contributed by atoms with van der Waals surface area (Å²) in [4.78, 5) is 12.3. The van der Waals surface area contributed by atoms with Gasteiger partial charge in [-0.15, -0.1) is 0 Å². The van der Waals surface area contributed by atoms with Crippen LogP contribution < -0.4 is 19.1 Å². The van der Waals surface area contributed by atoms with Gasteiger partial charge in [-0.2, -0.15) is 0 Å². The SMILES string of the molecule is CCOc1ccc(S(=O)(=O)NCCC(=O)Nc2cc(N3CCCS3(=O)=O)ccc2O)cc1. The molecular weight excluding hydrogens is 458 g/mol. The molecule has 0 spiro atoms. The first kappa shape index (κ1) is 23.8. The Morgan fingerprint density at radius 3 is 2.53 bits per heavy atom. The van der Waals surface area contributed by atoms with Crippen LogP contribution in [0, 0.1) is 0 Å². The fourth-order valence-electron chi connectivity index (χ4n) is 3.19. The van der Waals surface area contributed by atoms with Gasteiger partial charge in [0.25, 0.3) is 0 Å². The number of phenols is 1. The number of rotatable bonds is 9. The van der Waals surface area contributed by atoms with E-state index in [-0.39, 0.29) is 35.1 Å². The van der Waals surface area contributed by atoms with E-state index < -0.39 is 26.0 Å². The highest BCUT2D eigenvalue weighted by molar-refractivity contribution is 7.93. The number of phenolic OH excluding ortho intramolecular Hbond substituents is 1. The summed E-state index contributed by atoms with van der Waals surface area (Å²) in [5, 5.41) is 12.5. The monoisotopic (exact) mass is 483 g/mol. The van der Waals surface area contributed by atoms with Crippen molar-refractivity contribution in [1.82, 2.24) is 4.72 Å². The first-order valence-corrected chi connectivity index (χ1v) is 13.1. The molecule has 0 bridgehead atoms. The largest absolute Gasteiger partial charge is 0.506 e. The minimum atomic E-state index is -3.81. The molecule has 0 unspecified atom stereocenters. The zero-order valence-corrected chi connectivity index (χ0v) is 19.1. The quantitative estimate of drug-likeness (QED) is 0.460. The van der Waals surface area contributed by atoms with Crippen LogP contribution in [0.3, 0.4) is 0 Å². The highest BCUT2D eigenvalue weighted by atomic mass is 32.2. The van der Waals surface area contributed by atoms with Gasteiger partial charge in [0, 0.05) is 19.5 Å². The van der Waals surface area contributed by atoms with Crippen LogP contribution in [0.25, 0.3) is 0 Å². The molecule has 1 aliphatic rings. The number of nitrogens with zero attached hydrogens (tertiary/aromatic N) is 1. The lowest BCUT2D eigenvalue weighted by molar-refractivity contribution is -0.116. The molecule has 1 amide bonds. The standard InChI is InChI=1S/C20H25N3O7S2/c1-2-30-16-5-7-17(8-6-16)32(28,29)21-11-10-20(25)22-18-14-15(4-9-19(18)24)23-12-3-13-31(23,26)27/h4-9,14,21,24H,2-3,10-13H2,1H3,(H,22,25). The van der Waals surface area contributed by atoms with Crippen LogP contribution in [-0.4, -0.2) is 53.3 Å². The van der Waals surface area contributed by atoms with E-state index >= 15 is 0 Å². The molecule has 0 aromatic heterocycles. The fourth-order valence-corrected chi connectivity index (χ4v) is 5.77. The van der Waals surface area contributed by atoms with Crippen molar-refractivity contribution in [3.63, 3.8) is 0 Å². The summed E-state index contributed by atoms with van der Waals surface area (Å²) in [6, 6.07) is 10.0. The van der Waals surface area contributed by atoms with E-state index in [0.29, 0.717) is 31.0 Å². The molecule has 1 saturated heterocycles. The van der Waals surface area contributed by atoms with Crippen LogP contribution in [0.4, 0.5) is 11.4 Å². The third-order valence-corrected chi connectivity index (χ3v) is 8.08. The van der Waals surface area contributed by atoms with Crippen LogP contribution in [0.2, 0.25) is 0 Å². The van der Waals surface area contributed by atoms with Gasteiger partial charge >= 0.3 is 0 Å². The van der Waals surface area contributed by atoms with Gasteiger partial charge in [-0.3, -0.25) is 9.10 Å². The van der Waals surface area contributed by atoms with Gasteiger partial charge in [0.2, 0.25) is 26.0 Å². The number of ether oxygens (including phenoxy) is 1. The van der Waals surface area contributed by atoms with Crippen molar-refractivity contribution in [2.75, 3.05) is 35.1 Å². The molecule has 1 aliphatic heterocycles. The molecule has 3 rings (SSSR count). The number of carbonyl (C=O) groups is 1. The van der Waals surface area contributed by atoms with Gasteiger partial charge in [-0.1, -0.05) is 0 Å². The fraction of sp³-hybridized carbons (Fsp3) is 0.350. The Morgan fingerprint density at radius 1 is 1.19 bits per heavy atom. The Hall–Kier alpha value is -2.83.